The van der Waals surface area contributed by atoms with Crippen LogP contribution in [0.15, 0.2) is 18.2 Å². The molecule has 0 amide bonds. The highest BCUT2D eigenvalue weighted by molar-refractivity contribution is 6.30. The van der Waals surface area contributed by atoms with E-state index in [-0.39, 0.29) is 0 Å². The Hall–Kier alpha value is -0.730. The van der Waals surface area contributed by atoms with E-state index in [1.807, 2.05) is 6.07 Å². The Balaban J connectivity index is 2.21. The predicted molar refractivity (Wildman–Crippen MR) is 79.5 cm³/mol. The van der Waals surface area contributed by atoms with Gasteiger partial charge in [-0.1, -0.05) is 24.9 Å². The van der Waals surface area contributed by atoms with Gasteiger partial charge in [0.05, 0.1) is 0 Å². The van der Waals surface area contributed by atoms with Crippen molar-refractivity contribution in [3.63, 3.8) is 0 Å². The van der Waals surface area contributed by atoms with Crippen LogP contribution in [0.1, 0.15) is 38.2 Å². The molecule has 0 aliphatic heterocycles. The smallest absolute Gasteiger partial charge is 0.0410 e. The van der Waals surface area contributed by atoms with Crippen LogP contribution in [0, 0.1) is 0 Å². The van der Waals surface area contributed by atoms with E-state index in [0.29, 0.717) is 6.54 Å². The number of nitrogens with zero attached hydrogens (tertiary/aromatic N) is 1. The zero-order valence-electron chi connectivity index (χ0n) is 11.2. The fourth-order valence-corrected chi connectivity index (χ4v) is 2.60. The Labute approximate surface area is 115 Å². The van der Waals surface area contributed by atoms with E-state index in [4.69, 9.17) is 17.3 Å². The molecule has 0 aromatic heterocycles. The maximum absolute atomic E-state index is 6.10. The zero-order valence-corrected chi connectivity index (χ0v) is 11.9. The van der Waals surface area contributed by atoms with Gasteiger partial charge < -0.3 is 10.6 Å². The minimum Gasteiger partial charge on any atom is -0.368 e. The molecule has 0 atom stereocenters. The Morgan fingerprint density at radius 3 is 2.78 bits per heavy atom. The maximum atomic E-state index is 6.10. The zero-order chi connectivity index (χ0) is 13.0. The van der Waals surface area contributed by atoms with Gasteiger partial charge in [-0.25, -0.2) is 0 Å². The van der Waals surface area contributed by atoms with Crippen LogP contribution < -0.4 is 10.6 Å². The van der Waals surface area contributed by atoms with Crippen molar-refractivity contribution in [1.29, 1.82) is 0 Å². The van der Waals surface area contributed by atoms with Gasteiger partial charge in [0.2, 0.25) is 0 Å². The molecule has 2 nitrogen and oxygen atoms in total. The third-order valence-corrected chi connectivity index (χ3v) is 3.74. The highest BCUT2D eigenvalue weighted by Gasteiger charge is 2.29. The van der Waals surface area contributed by atoms with Gasteiger partial charge in [-0.15, -0.1) is 0 Å². The molecule has 3 heteroatoms. The van der Waals surface area contributed by atoms with Crippen molar-refractivity contribution in [3.05, 3.63) is 28.8 Å². The summed E-state index contributed by atoms with van der Waals surface area (Å²) in [7, 11) is 0. The van der Waals surface area contributed by atoms with Crippen molar-refractivity contribution in [2.45, 2.75) is 45.1 Å². The van der Waals surface area contributed by atoms with Crippen LogP contribution in [0.25, 0.3) is 0 Å². The Kier molecular flexibility index (Phi) is 4.90. The van der Waals surface area contributed by atoms with Crippen LogP contribution in [0.4, 0.5) is 5.69 Å². The van der Waals surface area contributed by atoms with Gasteiger partial charge in [0.1, 0.15) is 0 Å². The number of rotatable bonds is 7. The Morgan fingerprint density at radius 1 is 1.39 bits per heavy atom. The highest BCUT2D eigenvalue weighted by Crippen LogP contribution is 2.35. The van der Waals surface area contributed by atoms with Crippen LogP contribution in [0.2, 0.25) is 5.02 Å². The van der Waals surface area contributed by atoms with E-state index in [1.54, 1.807) is 0 Å². The molecule has 1 saturated carbocycles. The van der Waals surface area contributed by atoms with Crippen molar-refractivity contribution >= 4 is 17.3 Å². The first-order chi connectivity index (χ1) is 8.76. The van der Waals surface area contributed by atoms with E-state index in [9.17, 15) is 0 Å². The fourth-order valence-electron chi connectivity index (χ4n) is 2.40. The molecule has 18 heavy (non-hydrogen) atoms. The molecular formula is C15H23ClN2. The molecule has 1 fully saturated rings. The standard InChI is InChI=1S/C15H23ClN2/c1-2-3-10-18(14-5-6-14)15-7-4-13(16)11-12(15)8-9-17/h4,7,11,14H,2-3,5-6,8-10,17H2,1H3. The first kappa shape index (κ1) is 13.7. The molecule has 0 heterocycles. The molecule has 0 unspecified atom stereocenters. The van der Waals surface area contributed by atoms with Crippen molar-refractivity contribution in [3.8, 4) is 0 Å². The summed E-state index contributed by atoms with van der Waals surface area (Å²) >= 11 is 6.10. The number of hydrogen-bond acceptors (Lipinski definition) is 2. The van der Waals surface area contributed by atoms with E-state index in [1.165, 1.54) is 36.9 Å². The van der Waals surface area contributed by atoms with Gasteiger partial charge in [0.15, 0.2) is 0 Å². The highest BCUT2D eigenvalue weighted by atomic mass is 35.5. The molecule has 0 spiro atoms. The van der Waals surface area contributed by atoms with Gasteiger partial charge >= 0.3 is 0 Å². The molecular weight excluding hydrogens is 244 g/mol. The average molecular weight is 267 g/mol. The normalized spacial score (nSPS) is 14.8. The van der Waals surface area contributed by atoms with Gasteiger partial charge in [-0.3, -0.25) is 0 Å². The predicted octanol–water partition coefficient (Wildman–Crippen LogP) is 3.61. The summed E-state index contributed by atoms with van der Waals surface area (Å²) in [6.07, 6.45) is 6.05. The van der Waals surface area contributed by atoms with Crippen LogP contribution in [0.3, 0.4) is 0 Å². The topological polar surface area (TPSA) is 29.3 Å². The number of benzene rings is 1. The summed E-state index contributed by atoms with van der Waals surface area (Å²) in [5, 5.41) is 0.813. The van der Waals surface area contributed by atoms with Crippen LogP contribution in [-0.4, -0.2) is 19.1 Å². The number of hydrogen-bond donors (Lipinski definition) is 1. The molecule has 0 bridgehead atoms. The lowest BCUT2D eigenvalue weighted by atomic mass is 10.1. The molecule has 0 radical (unpaired) electrons. The average Bonchev–Trinajstić information content (AvgIpc) is 3.17. The molecule has 1 aromatic carbocycles. The number of unbranched alkanes of at least 4 members (excludes halogenated alkanes) is 1. The van der Waals surface area contributed by atoms with Gasteiger partial charge in [0, 0.05) is 23.3 Å². The monoisotopic (exact) mass is 266 g/mol. The second-order valence-electron chi connectivity index (χ2n) is 5.09. The van der Waals surface area contributed by atoms with Crippen LogP contribution >= 0.6 is 11.6 Å². The second kappa shape index (κ2) is 6.44. The van der Waals surface area contributed by atoms with Gasteiger partial charge in [-0.2, -0.15) is 0 Å². The molecule has 0 saturated heterocycles. The summed E-state index contributed by atoms with van der Waals surface area (Å²) in [6, 6.07) is 6.99. The quantitative estimate of drug-likeness (QED) is 0.817. The minimum absolute atomic E-state index is 0.680. The molecule has 1 aliphatic rings. The van der Waals surface area contributed by atoms with Crippen molar-refractivity contribution in [1.82, 2.24) is 0 Å². The number of anilines is 1. The number of halogens is 1. The van der Waals surface area contributed by atoms with E-state index in [2.05, 4.69) is 24.0 Å². The summed E-state index contributed by atoms with van der Waals surface area (Å²) < 4.78 is 0. The summed E-state index contributed by atoms with van der Waals surface area (Å²) in [4.78, 5) is 2.56. The lowest BCUT2D eigenvalue weighted by Crippen LogP contribution is -2.28. The second-order valence-corrected chi connectivity index (χ2v) is 5.53. The SMILES string of the molecule is CCCCN(c1ccc(Cl)cc1CCN)C1CC1. The van der Waals surface area contributed by atoms with E-state index >= 15 is 0 Å². The molecule has 2 N–H and O–H groups in total. The molecule has 1 aromatic rings. The Morgan fingerprint density at radius 2 is 2.17 bits per heavy atom. The van der Waals surface area contributed by atoms with E-state index < -0.39 is 0 Å². The summed E-state index contributed by atoms with van der Waals surface area (Å²) in [5.74, 6) is 0. The molecule has 100 valence electrons. The summed E-state index contributed by atoms with van der Waals surface area (Å²) in [5.41, 5.74) is 8.36. The van der Waals surface area contributed by atoms with E-state index in [0.717, 1.165) is 24.0 Å². The van der Waals surface area contributed by atoms with Crippen molar-refractivity contribution in [2.75, 3.05) is 18.0 Å². The first-order valence-electron chi connectivity index (χ1n) is 7.01. The van der Waals surface area contributed by atoms with Crippen LogP contribution in [0.5, 0.6) is 0 Å². The lowest BCUT2D eigenvalue weighted by molar-refractivity contribution is 0.709. The molecule has 2 rings (SSSR count). The molecule has 1 aliphatic carbocycles. The van der Waals surface area contributed by atoms with Crippen molar-refractivity contribution < 1.29 is 0 Å². The Bertz CT molecular complexity index is 388. The summed E-state index contributed by atoms with van der Waals surface area (Å²) in [6.45, 7) is 4.08. The fraction of sp³-hybridized carbons (Fsp3) is 0.600. The van der Waals surface area contributed by atoms with Crippen molar-refractivity contribution in [2.24, 2.45) is 5.73 Å². The number of nitrogens with two attached hydrogens (primary N) is 1. The largest absolute Gasteiger partial charge is 0.368 e. The lowest BCUT2D eigenvalue weighted by Gasteiger charge is -2.27. The first-order valence-corrected chi connectivity index (χ1v) is 7.39. The third-order valence-electron chi connectivity index (χ3n) is 3.50. The maximum Gasteiger partial charge on any atom is 0.0410 e. The third kappa shape index (κ3) is 3.39. The van der Waals surface area contributed by atoms with Gasteiger partial charge in [-0.05, 0) is 56.0 Å². The van der Waals surface area contributed by atoms with Crippen LogP contribution in [-0.2, 0) is 6.42 Å². The minimum atomic E-state index is 0.680. The van der Waals surface area contributed by atoms with Gasteiger partial charge in [0.25, 0.3) is 0 Å².